The van der Waals surface area contributed by atoms with Crippen LogP contribution in [0.25, 0.3) is 10.9 Å². The number of benzene rings is 1. The molecule has 2 aromatic rings. The number of anilines is 1. The summed E-state index contributed by atoms with van der Waals surface area (Å²) in [4.78, 5) is 0. The van der Waals surface area contributed by atoms with E-state index in [1.54, 1.807) is 30.3 Å². The lowest BCUT2D eigenvalue weighted by Crippen LogP contribution is -1.96. The van der Waals surface area contributed by atoms with Crippen LogP contribution >= 0.6 is 0 Å². The van der Waals surface area contributed by atoms with Gasteiger partial charge in [0.25, 0.3) is 0 Å². The maximum Gasteiger partial charge on any atom is 0.240 e. The van der Waals surface area contributed by atoms with Crippen molar-refractivity contribution in [2.45, 2.75) is 0 Å². The van der Waals surface area contributed by atoms with E-state index < -0.39 is 0 Å². The number of hydrazone groups is 1. The quantitative estimate of drug-likeness (QED) is 0.622. The van der Waals surface area contributed by atoms with Crippen molar-refractivity contribution in [3.8, 4) is 18.0 Å². The Morgan fingerprint density at radius 2 is 2.22 bits per heavy atom. The van der Waals surface area contributed by atoms with Gasteiger partial charge in [-0.05, 0) is 18.2 Å². The van der Waals surface area contributed by atoms with Crippen molar-refractivity contribution in [1.29, 1.82) is 10.5 Å². The fraction of sp³-hybridized carbons (Fsp3) is 0.0909. The van der Waals surface area contributed by atoms with Crippen LogP contribution < -0.4 is 10.2 Å². The predicted octanol–water partition coefficient (Wildman–Crippen LogP) is 1.39. The second-order valence-electron chi connectivity index (χ2n) is 3.29. The third-order valence-electron chi connectivity index (χ3n) is 2.23. The van der Waals surface area contributed by atoms with Crippen LogP contribution in [0.1, 0.15) is 0 Å². The van der Waals surface area contributed by atoms with Crippen molar-refractivity contribution in [3.05, 3.63) is 18.2 Å². The number of nitrogens with one attached hydrogen (secondary N) is 2. The first-order chi connectivity index (χ1) is 8.78. The number of methoxy groups -OCH3 is 1. The van der Waals surface area contributed by atoms with Crippen molar-refractivity contribution < 1.29 is 4.74 Å². The van der Waals surface area contributed by atoms with E-state index in [1.807, 2.05) is 0 Å². The van der Waals surface area contributed by atoms with Crippen molar-refractivity contribution in [2.75, 3.05) is 12.5 Å². The fourth-order valence-corrected chi connectivity index (χ4v) is 1.42. The predicted molar refractivity (Wildman–Crippen MR) is 64.9 cm³/mol. The molecule has 2 N–H and O–H groups in total. The van der Waals surface area contributed by atoms with Gasteiger partial charge in [0.15, 0.2) is 0 Å². The standard InChI is InChI=1S/C11H8N6O/c1-18-11-9-3-2-7(4-10(9)16-17-11)14-15-8(5-12)6-13/h2-4,14H,1H3,(H,16,17). The van der Waals surface area contributed by atoms with Crippen LogP contribution in [0.5, 0.6) is 5.88 Å². The first-order valence-corrected chi connectivity index (χ1v) is 4.94. The number of hydrogen-bond donors (Lipinski definition) is 2. The molecule has 1 aromatic carbocycles. The number of rotatable bonds is 3. The molecule has 2 rings (SSSR count). The Morgan fingerprint density at radius 3 is 2.89 bits per heavy atom. The van der Waals surface area contributed by atoms with Gasteiger partial charge in [-0.25, -0.2) is 0 Å². The summed E-state index contributed by atoms with van der Waals surface area (Å²) in [6.45, 7) is 0. The summed E-state index contributed by atoms with van der Waals surface area (Å²) >= 11 is 0. The van der Waals surface area contributed by atoms with E-state index in [-0.39, 0.29) is 5.71 Å². The molecule has 0 amide bonds. The highest BCUT2D eigenvalue weighted by Crippen LogP contribution is 2.24. The highest BCUT2D eigenvalue weighted by Gasteiger charge is 2.05. The average molecular weight is 240 g/mol. The lowest BCUT2D eigenvalue weighted by Gasteiger charge is -1.99. The number of ether oxygens (including phenoxy) is 1. The van der Waals surface area contributed by atoms with Gasteiger partial charge in [-0.3, -0.25) is 10.5 Å². The Balaban J connectivity index is 2.30. The largest absolute Gasteiger partial charge is 0.480 e. The van der Waals surface area contributed by atoms with Crippen LogP contribution in [0, 0.1) is 22.7 Å². The molecule has 18 heavy (non-hydrogen) atoms. The van der Waals surface area contributed by atoms with Gasteiger partial charge in [0.1, 0.15) is 12.1 Å². The molecule has 0 aliphatic heterocycles. The third-order valence-corrected chi connectivity index (χ3v) is 2.23. The SMILES string of the molecule is COc1n[nH]c2cc(NN=C(C#N)C#N)ccc12. The van der Waals surface area contributed by atoms with E-state index in [9.17, 15) is 0 Å². The maximum atomic E-state index is 8.54. The molecule has 0 bridgehead atoms. The molecule has 0 aliphatic rings. The zero-order valence-electron chi connectivity index (χ0n) is 9.43. The summed E-state index contributed by atoms with van der Waals surface area (Å²) in [6.07, 6.45) is 0. The molecule has 0 fully saturated rings. The molecule has 0 radical (unpaired) electrons. The number of aromatic nitrogens is 2. The third kappa shape index (κ3) is 2.06. The van der Waals surface area contributed by atoms with Gasteiger partial charge in [-0.1, -0.05) is 0 Å². The monoisotopic (exact) mass is 240 g/mol. The van der Waals surface area contributed by atoms with Gasteiger partial charge in [-0.15, -0.1) is 5.10 Å². The molecule has 1 aromatic heterocycles. The first kappa shape index (κ1) is 11.4. The topological polar surface area (TPSA) is 110 Å². The molecule has 0 saturated heterocycles. The average Bonchev–Trinajstić information content (AvgIpc) is 2.82. The Morgan fingerprint density at radius 1 is 1.44 bits per heavy atom. The lowest BCUT2D eigenvalue weighted by molar-refractivity contribution is 0.401. The molecule has 7 nitrogen and oxygen atoms in total. The molecular weight excluding hydrogens is 232 g/mol. The maximum absolute atomic E-state index is 8.54. The van der Waals surface area contributed by atoms with Crippen molar-refractivity contribution in [3.63, 3.8) is 0 Å². The van der Waals surface area contributed by atoms with E-state index in [0.29, 0.717) is 11.6 Å². The van der Waals surface area contributed by atoms with E-state index in [4.69, 9.17) is 15.3 Å². The molecular formula is C11H8N6O. The molecule has 0 atom stereocenters. The fourth-order valence-electron chi connectivity index (χ4n) is 1.42. The Labute approximate surface area is 102 Å². The smallest absolute Gasteiger partial charge is 0.240 e. The van der Waals surface area contributed by atoms with Gasteiger partial charge >= 0.3 is 0 Å². The van der Waals surface area contributed by atoms with Crippen LogP contribution in [-0.4, -0.2) is 23.0 Å². The number of aromatic amines is 1. The van der Waals surface area contributed by atoms with Crippen molar-refractivity contribution >= 4 is 22.3 Å². The highest BCUT2D eigenvalue weighted by molar-refractivity contribution is 6.10. The second kappa shape index (κ2) is 4.85. The van der Waals surface area contributed by atoms with Gasteiger partial charge in [0.05, 0.1) is 23.7 Å². The first-order valence-electron chi connectivity index (χ1n) is 4.94. The Kier molecular flexibility index (Phi) is 3.08. The van der Waals surface area contributed by atoms with Crippen LogP contribution in [-0.2, 0) is 0 Å². The second-order valence-corrected chi connectivity index (χ2v) is 3.29. The summed E-state index contributed by atoms with van der Waals surface area (Å²) in [7, 11) is 1.54. The number of H-pyrrole nitrogens is 1. The summed E-state index contributed by atoms with van der Waals surface area (Å²) in [5.74, 6) is 0.509. The lowest BCUT2D eigenvalue weighted by atomic mass is 10.2. The molecule has 0 aliphatic carbocycles. The van der Waals surface area contributed by atoms with Crippen LogP contribution in [0.4, 0.5) is 5.69 Å². The van der Waals surface area contributed by atoms with Crippen LogP contribution in [0.3, 0.4) is 0 Å². The molecule has 7 heteroatoms. The van der Waals surface area contributed by atoms with E-state index in [1.165, 1.54) is 7.11 Å². The highest BCUT2D eigenvalue weighted by atomic mass is 16.5. The van der Waals surface area contributed by atoms with Crippen LogP contribution in [0.2, 0.25) is 0 Å². The van der Waals surface area contributed by atoms with Gasteiger partial charge in [-0.2, -0.15) is 15.6 Å². The van der Waals surface area contributed by atoms with Crippen molar-refractivity contribution in [2.24, 2.45) is 5.10 Å². The molecule has 88 valence electrons. The zero-order chi connectivity index (χ0) is 13.0. The minimum atomic E-state index is -0.239. The van der Waals surface area contributed by atoms with Gasteiger partial charge in [0, 0.05) is 0 Å². The summed E-state index contributed by atoms with van der Waals surface area (Å²) in [6, 6.07) is 8.61. The van der Waals surface area contributed by atoms with Gasteiger partial charge < -0.3 is 4.74 Å². The summed E-state index contributed by atoms with van der Waals surface area (Å²) in [5.41, 5.74) is 3.78. The molecule has 0 saturated carbocycles. The Hall–Kier alpha value is -3.06. The van der Waals surface area contributed by atoms with E-state index in [2.05, 4.69) is 20.7 Å². The van der Waals surface area contributed by atoms with Crippen molar-refractivity contribution in [1.82, 2.24) is 10.2 Å². The summed E-state index contributed by atoms with van der Waals surface area (Å²) < 4.78 is 5.06. The number of hydrogen-bond acceptors (Lipinski definition) is 6. The Bertz CT molecular complexity index is 672. The molecule has 0 spiro atoms. The molecule has 0 unspecified atom stereocenters. The zero-order valence-corrected chi connectivity index (χ0v) is 9.43. The number of fused-ring (bicyclic) bond motifs is 1. The number of nitrogens with zero attached hydrogens (tertiary/aromatic N) is 4. The van der Waals surface area contributed by atoms with Gasteiger partial charge in [0.2, 0.25) is 11.6 Å². The normalized spacial score (nSPS) is 9.28. The van der Waals surface area contributed by atoms with E-state index in [0.717, 1.165) is 10.9 Å². The van der Waals surface area contributed by atoms with E-state index >= 15 is 0 Å². The molecule has 1 heterocycles. The minimum Gasteiger partial charge on any atom is -0.480 e. The number of nitriles is 2. The minimum absolute atomic E-state index is 0.239. The van der Waals surface area contributed by atoms with Crippen LogP contribution in [0.15, 0.2) is 23.3 Å². The summed E-state index contributed by atoms with van der Waals surface area (Å²) in [5, 5.41) is 28.3.